The van der Waals surface area contributed by atoms with Crippen LogP contribution in [-0.2, 0) is 0 Å². The predicted octanol–water partition coefficient (Wildman–Crippen LogP) is 5.18. The van der Waals surface area contributed by atoms with Crippen LogP contribution >= 0.6 is 0 Å². The lowest BCUT2D eigenvalue weighted by atomic mass is 9.96. The van der Waals surface area contributed by atoms with E-state index in [-0.39, 0.29) is 5.91 Å². The molecule has 2 fully saturated rings. The van der Waals surface area contributed by atoms with Gasteiger partial charge < -0.3 is 9.88 Å². The van der Waals surface area contributed by atoms with Crippen molar-refractivity contribution in [2.24, 2.45) is 0 Å². The van der Waals surface area contributed by atoms with Crippen LogP contribution in [0, 0.1) is 11.9 Å². The number of aromatic amines is 1. The number of nitrogens with zero attached hydrogens (tertiary/aromatic N) is 7. The predicted molar refractivity (Wildman–Crippen MR) is 161 cm³/mol. The highest BCUT2D eigenvalue weighted by molar-refractivity contribution is 5.95. The van der Waals surface area contributed by atoms with Crippen LogP contribution in [0.4, 0.5) is 4.39 Å². The highest BCUT2D eigenvalue weighted by Gasteiger charge is 2.37. The monoisotopic (exact) mass is 571 g/mol. The van der Waals surface area contributed by atoms with Crippen LogP contribution in [0.2, 0.25) is 0 Å². The van der Waals surface area contributed by atoms with Crippen molar-refractivity contribution in [1.82, 2.24) is 39.5 Å². The van der Waals surface area contributed by atoms with Crippen LogP contribution in [0.1, 0.15) is 23.2 Å². The lowest BCUT2D eigenvalue weighted by molar-refractivity contribution is 0.0514. The zero-order valence-electron chi connectivity index (χ0n) is 23.3. The number of fused-ring (bicyclic) bond motifs is 2. The van der Waals surface area contributed by atoms with Crippen molar-refractivity contribution in [3.05, 3.63) is 103 Å². The molecule has 0 unspecified atom stereocenters. The van der Waals surface area contributed by atoms with Crippen LogP contribution in [-0.4, -0.2) is 77.6 Å². The largest absolute Gasteiger partial charge is 0.346 e. The normalized spacial score (nSPS) is 16.6. The molecule has 43 heavy (non-hydrogen) atoms. The number of carbonyl (C=O) groups excluding carboxylic acids is 1. The van der Waals surface area contributed by atoms with Crippen molar-refractivity contribution in [3.63, 3.8) is 0 Å². The van der Waals surface area contributed by atoms with Gasteiger partial charge in [0, 0.05) is 78.3 Å². The van der Waals surface area contributed by atoms with Gasteiger partial charge >= 0.3 is 0 Å². The molecular formula is C33H28FN8O. The maximum absolute atomic E-state index is 15.2. The lowest BCUT2D eigenvalue weighted by Gasteiger charge is -2.46. The number of carbonyl (C=O) groups is 1. The molecule has 1 amide bonds. The van der Waals surface area contributed by atoms with Crippen molar-refractivity contribution in [2.45, 2.75) is 18.9 Å². The number of halogens is 1. The van der Waals surface area contributed by atoms with Crippen LogP contribution in [0.15, 0.2) is 85.7 Å². The molecule has 0 atom stereocenters. The first-order chi connectivity index (χ1) is 21.1. The van der Waals surface area contributed by atoms with Crippen molar-refractivity contribution in [3.8, 4) is 22.4 Å². The number of likely N-dealkylation sites (tertiary alicyclic amines) is 2. The standard InChI is InChI=1S/C33H28FN8O/c34-29-14-23(5-6-27(29)22-4-3-21-2-1-10-35-30(21)15-22)33(43)40-12-8-25(9-13-40)41-18-26(19-41)42-17-24(16-39-42)31-28-7-11-36-32(28)38-20-37-31/h1-7,10-11,14-17,20,25H,8-9,12-13,18-19H2,(H,36,37,38). The van der Waals surface area contributed by atoms with Gasteiger partial charge in [0.25, 0.3) is 5.91 Å². The molecule has 10 heteroatoms. The summed E-state index contributed by atoms with van der Waals surface area (Å²) in [4.78, 5) is 33.8. The summed E-state index contributed by atoms with van der Waals surface area (Å²) in [6, 6.07) is 18.0. The van der Waals surface area contributed by atoms with Crippen molar-refractivity contribution >= 4 is 27.8 Å². The molecule has 6 aromatic rings. The first-order valence-electron chi connectivity index (χ1n) is 14.5. The number of aromatic nitrogens is 6. The van der Waals surface area contributed by atoms with Crippen LogP contribution in [0.25, 0.3) is 44.3 Å². The Labute approximate surface area is 247 Å². The number of hydrogen-bond donors (Lipinski definition) is 1. The summed E-state index contributed by atoms with van der Waals surface area (Å²) in [7, 11) is 0. The topological polar surface area (TPSA) is 95.8 Å². The van der Waals surface area contributed by atoms with E-state index in [0.717, 1.165) is 64.7 Å². The summed E-state index contributed by atoms with van der Waals surface area (Å²) in [5.41, 5.74) is 5.04. The van der Waals surface area contributed by atoms with Crippen LogP contribution < -0.4 is 0 Å². The van der Waals surface area contributed by atoms with Crippen molar-refractivity contribution < 1.29 is 9.18 Å². The second kappa shape index (κ2) is 10.4. The first-order valence-corrected chi connectivity index (χ1v) is 14.5. The maximum Gasteiger partial charge on any atom is 0.253 e. The first kappa shape index (κ1) is 25.7. The molecule has 9 nitrogen and oxygen atoms in total. The molecule has 2 aliphatic rings. The average Bonchev–Trinajstić information content (AvgIpc) is 3.70. The van der Waals surface area contributed by atoms with E-state index in [2.05, 4.69) is 29.9 Å². The molecule has 8 rings (SSSR count). The Bertz CT molecular complexity index is 1970. The number of piperidine rings is 1. The summed E-state index contributed by atoms with van der Waals surface area (Å²) in [5, 5.41) is 6.57. The van der Waals surface area contributed by atoms with Gasteiger partial charge in [0.1, 0.15) is 23.8 Å². The van der Waals surface area contributed by atoms with Gasteiger partial charge in [-0.05, 0) is 48.7 Å². The molecule has 1 radical (unpaired) electrons. The number of rotatable bonds is 5. The highest BCUT2D eigenvalue weighted by Crippen LogP contribution is 2.31. The zero-order chi connectivity index (χ0) is 28.9. The number of amides is 1. The number of H-pyrrole nitrogens is 1. The number of nitrogens with one attached hydrogen (secondary N) is 1. The number of pyridine rings is 1. The molecule has 0 aliphatic carbocycles. The van der Waals surface area contributed by atoms with E-state index >= 15 is 4.39 Å². The maximum atomic E-state index is 15.2. The third-order valence-electron chi connectivity index (χ3n) is 8.71. The van der Waals surface area contributed by atoms with E-state index in [1.54, 1.807) is 24.7 Å². The van der Waals surface area contributed by atoms with Crippen LogP contribution in [0.5, 0.6) is 0 Å². The van der Waals surface area contributed by atoms with Crippen molar-refractivity contribution in [2.75, 3.05) is 26.2 Å². The van der Waals surface area contributed by atoms with E-state index in [0.29, 0.717) is 30.3 Å². The Kier molecular flexibility index (Phi) is 6.22. The van der Waals surface area contributed by atoms with Gasteiger partial charge in [0.05, 0.1) is 17.4 Å². The fourth-order valence-corrected chi connectivity index (χ4v) is 6.28. The summed E-state index contributed by atoms with van der Waals surface area (Å²) in [6.07, 6.45) is 10.8. The number of benzene rings is 2. The second-order valence-corrected chi connectivity index (χ2v) is 11.2. The van der Waals surface area contributed by atoms with Gasteiger partial charge in [0.15, 0.2) is 0 Å². The molecule has 2 saturated heterocycles. The third-order valence-corrected chi connectivity index (χ3v) is 8.71. The zero-order valence-corrected chi connectivity index (χ0v) is 23.3. The molecule has 4 aromatic heterocycles. The summed E-state index contributed by atoms with van der Waals surface area (Å²) >= 11 is 0. The minimum absolute atomic E-state index is 0.120. The SMILES string of the molecule is O=C(c1ccc(-c2ccc3cccnc3c2)c(F)c1)N1CCC(N2C[C](n3cc(-c4ncnc5[nH]ccc45)cn3)C2)CC1. The Morgan fingerprint density at radius 3 is 2.70 bits per heavy atom. The highest BCUT2D eigenvalue weighted by atomic mass is 19.1. The average molecular weight is 572 g/mol. The summed E-state index contributed by atoms with van der Waals surface area (Å²) < 4.78 is 17.2. The van der Waals surface area contributed by atoms with Gasteiger partial charge in [-0.2, -0.15) is 5.10 Å². The van der Waals surface area contributed by atoms with Gasteiger partial charge in [0.2, 0.25) is 0 Å². The Balaban J connectivity index is 0.875. The van der Waals surface area contributed by atoms with E-state index in [1.165, 1.54) is 12.1 Å². The second-order valence-electron chi connectivity index (χ2n) is 11.2. The molecule has 0 saturated carbocycles. The van der Waals surface area contributed by atoms with E-state index < -0.39 is 5.82 Å². The minimum atomic E-state index is -0.404. The minimum Gasteiger partial charge on any atom is -0.346 e. The fourth-order valence-electron chi connectivity index (χ4n) is 6.28. The fraction of sp³-hybridized carbons (Fsp3) is 0.212. The van der Waals surface area contributed by atoms with Gasteiger partial charge in [-0.25, -0.2) is 14.4 Å². The third kappa shape index (κ3) is 4.64. The molecule has 1 N–H and O–H groups in total. The van der Waals surface area contributed by atoms with Crippen LogP contribution in [0.3, 0.4) is 0 Å². The molecule has 213 valence electrons. The lowest BCUT2D eigenvalue weighted by Crippen LogP contribution is -2.56. The smallest absolute Gasteiger partial charge is 0.253 e. The molecule has 0 bridgehead atoms. The Morgan fingerprint density at radius 2 is 1.84 bits per heavy atom. The number of hydrogen-bond acceptors (Lipinski definition) is 6. The quantitative estimate of drug-likeness (QED) is 0.307. The van der Waals surface area contributed by atoms with E-state index in [9.17, 15) is 4.79 Å². The van der Waals surface area contributed by atoms with Gasteiger partial charge in [-0.15, -0.1) is 0 Å². The summed E-state index contributed by atoms with van der Waals surface area (Å²) in [5.74, 6) is -0.524. The van der Waals surface area contributed by atoms with E-state index in [1.807, 2.05) is 64.6 Å². The van der Waals surface area contributed by atoms with Crippen molar-refractivity contribution in [1.29, 1.82) is 0 Å². The van der Waals surface area contributed by atoms with E-state index in [4.69, 9.17) is 0 Å². The molecule has 2 aromatic carbocycles. The Hall–Kier alpha value is -4.96. The van der Waals surface area contributed by atoms with Gasteiger partial charge in [-0.3, -0.25) is 19.4 Å². The van der Waals surface area contributed by atoms with Gasteiger partial charge in [-0.1, -0.05) is 24.3 Å². The Morgan fingerprint density at radius 1 is 0.953 bits per heavy atom. The molecule has 2 aliphatic heterocycles. The molecule has 6 heterocycles. The summed E-state index contributed by atoms with van der Waals surface area (Å²) in [6.45, 7) is 3.00. The molecular weight excluding hydrogens is 543 g/mol. The molecule has 0 spiro atoms.